The molecular weight excluding hydrogens is 385 g/mol. The molecule has 1 aromatic carbocycles. The molecule has 1 amide bonds. The summed E-state index contributed by atoms with van der Waals surface area (Å²) >= 11 is 0. The molecule has 3 aromatic heterocycles. The first-order valence-corrected chi connectivity index (χ1v) is 8.73. The summed E-state index contributed by atoms with van der Waals surface area (Å²) in [5, 5.41) is 6.98. The van der Waals surface area contributed by atoms with Gasteiger partial charge in [0, 0.05) is 6.04 Å². The van der Waals surface area contributed by atoms with E-state index >= 15 is 0 Å². The van der Waals surface area contributed by atoms with E-state index < -0.39 is 29.0 Å². The maximum atomic E-state index is 14.0. The highest BCUT2D eigenvalue weighted by Crippen LogP contribution is 2.28. The molecule has 6 nitrogen and oxygen atoms in total. The Labute approximate surface area is 163 Å². The van der Waals surface area contributed by atoms with Crippen LogP contribution in [0.3, 0.4) is 0 Å². The maximum absolute atomic E-state index is 14.0. The molecule has 0 spiro atoms. The molecule has 0 fully saturated rings. The molecule has 3 heterocycles. The molecule has 0 bridgehead atoms. The number of carbonyl (C=O) groups excluding carboxylic acids is 1. The lowest BCUT2D eigenvalue weighted by Crippen LogP contribution is -2.15. The smallest absolute Gasteiger partial charge is 0.256 e. The van der Waals surface area contributed by atoms with Gasteiger partial charge in [-0.25, -0.2) is 22.8 Å². The number of hydrogen-bond acceptors (Lipinski definition) is 4. The highest BCUT2D eigenvalue weighted by Gasteiger charge is 2.21. The summed E-state index contributed by atoms with van der Waals surface area (Å²) in [6.07, 6.45) is 2.95. The van der Waals surface area contributed by atoms with E-state index in [0.29, 0.717) is 22.5 Å². The molecule has 0 saturated heterocycles. The number of hydrogen-bond donors (Lipinski definition) is 1. The zero-order chi connectivity index (χ0) is 20.7. The van der Waals surface area contributed by atoms with Gasteiger partial charge in [-0.2, -0.15) is 5.10 Å². The van der Waals surface area contributed by atoms with Gasteiger partial charge in [0.1, 0.15) is 5.69 Å². The molecule has 0 saturated carbocycles. The summed E-state index contributed by atoms with van der Waals surface area (Å²) in [7, 11) is 0. The zero-order valence-electron chi connectivity index (χ0n) is 15.4. The monoisotopic (exact) mass is 400 g/mol. The lowest BCUT2D eigenvalue weighted by molar-refractivity contribution is 0.102. The van der Waals surface area contributed by atoms with Crippen molar-refractivity contribution in [2.45, 2.75) is 19.9 Å². The van der Waals surface area contributed by atoms with Gasteiger partial charge < -0.3 is 9.73 Å². The molecule has 4 aromatic rings. The number of halogens is 3. The SMILES string of the molecule is CC(C)n1ncc2c(C(=O)Nc3ccc(F)c(F)c3F)cc(-c3ccco3)nc21. The summed E-state index contributed by atoms with van der Waals surface area (Å²) < 4.78 is 47.7. The first kappa shape index (κ1) is 18.7. The van der Waals surface area contributed by atoms with Gasteiger partial charge in [-0.15, -0.1) is 0 Å². The standard InChI is InChI=1S/C20H15F3N4O2/c1-10(2)27-19-12(9-24-27)11(8-15(25-19)16-4-3-7-29-16)20(28)26-14-6-5-13(21)17(22)18(14)23/h3-10H,1-2H3,(H,26,28). The number of rotatable bonds is 4. The van der Waals surface area contributed by atoms with Crippen molar-refractivity contribution in [3.05, 3.63) is 65.8 Å². The second-order valence-electron chi connectivity index (χ2n) is 6.63. The van der Waals surface area contributed by atoms with Gasteiger partial charge in [0.05, 0.1) is 29.1 Å². The summed E-state index contributed by atoms with van der Waals surface area (Å²) in [6, 6.07) is 6.49. The first-order valence-electron chi connectivity index (χ1n) is 8.73. The third-order valence-electron chi connectivity index (χ3n) is 4.36. The Morgan fingerprint density at radius 3 is 2.66 bits per heavy atom. The predicted molar refractivity (Wildman–Crippen MR) is 99.9 cm³/mol. The van der Waals surface area contributed by atoms with E-state index in [1.807, 2.05) is 13.8 Å². The summed E-state index contributed by atoms with van der Waals surface area (Å²) in [6.45, 7) is 3.81. The molecule has 0 aliphatic carbocycles. The Bertz CT molecular complexity index is 1220. The van der Waals surface area contributed by atoms with E-state index in [1.165, 1.54) is 18.5 Å². The number of carbonyl (C=O) groups is 1. The van der Waals surface area contributed by atoms with Crippen LogP contribution in [0.5, 0.6) is 0 Å². The molecule has 1 N–H and O–H groups in total. The van der Waals surface area contributed by atoms with Gasteiger partial charge in [-0.3, -0.25) is 4.79 Å². The molecule has 0 aliphatic rings. The minimum Gasteiger partial charge on any atom is -0.463 e. The molecule has 0 radical (unpaired) electrons. The largest absolute Gasteiger partial charge is 0.463 e. The van der Waals surface area contributed by atoms with Crippen LogP contribution >= 0.6 is 0 Å². The lowest BCUT2D eigenvalue weighted by atomic mass is 10.1. The van der Waals surface area contributed by atoms with Crippen molar-refractivity contribution in [3.8, 4) is 11.5 Å². The van der Waals surface area contributed by atoms with Gasteiger partial charge in [0.15, 0.2) is 28.9 Å². The number of pyridine rings is 1. The summed E-state index contributed by atoms with van der Waals surface area (Å²) in [5.41, 5.74) is 0.470. The number of nitrogens with zero attached hydrogens (tertiary/aromatic N) is 3. The quantitative estimate of drug-likeness (QED) is 0.493. The highest BCUT2D eigenvalue weighted by atomic mass is 19.2. The number of nitrogens with one attached hydrogen (secondary N) is 1. The number of fused-ring (bicyclic) bond motifs is 1. The Balaban J connectivity index is 1.84. The van der Waals surface area contributed by atoms with E-state index in [0.717, 1.165) is 12.1 Å². The van der Waals surface area contributed by atoms with Crippen molar-refractivity contribution in [1.29, 1.82) is 0 Å². The Morgan fingerprint density at radius 1 is 1.17 bits per heavy atom. The Morgan fingerprint density at radius 2 is 1.97 bits per heavy atom. The minimum absolute atomic E-state index is 0.0357. The second kappa shape index (κ2) is 7.08. The van der Waals surface area contributed by atoms with Crippen LogP contribution < -0.4 is 5.32 Å². The van der Waals surface area contributed by atoms with Crippen molar-refractivity contribution in [2.24, 2.45) is 0 Å². The van der Waals surface area contributed by atoms with E-state index in [1.54, 1.807) is 16.8 Å². The fourth-order valence-electron chi connectivity index (χ4n) is 2.95. The third-order valence-corrected chi connectivity index (χ3v) is 4.36. The Hall–Kier alpha value is -3.62. The van der Waals surface area contributed by atoms with Crippen molar-refractivity contribution < 1.29 is 22.4 Å². The predicted octanol–water partition coefficient (Wildman–Crippen LogP) is 4.94. The maximum Gasteiger partial charge on any atom is 0.256 e. The fourth-order valence-corrected chi connectivity index (χ4v) is 2.95. The fraction of sp³-hybridized carbons (Fsp3) is 0.150. The van der Waals surface area contributed by atoms with Crippen LogP contribution in [0.2, 0.25) is 0 Å². The summed E-state index contributed by atoms with van der Waals surface area (Å²) in [4.78, 5) is 17.4. The average Bonchev–Trinajstić information content (AvgIpc) is 3.37. The van der Waals surface area contributed by atoms with Crippen LogP contribution in [0.1, 0.15) is 30.2 Å². The number of anilines is 1. The van der Waals surface area contributed by atoms with Gasteiger partial charge in [0.2, 0.25) is 0 Å². The molecule has 4 rings (SSSR count). The number of amides is 1. The molecule has 29 heavy (non-hydrogen) atoms. The van der Waals surface area contributed by atoms with Crippen LogP contribution in [0.15, 0.2) is 47.2 Å². The highest BCUT2D eigenvalue weighted by molar-refractivity contribution is 6.12. The van der Waals surface area contributed by atoms with E-state index in [4.69, 9.17) is 4.42 Å². The van der Waals surface area contributed by atoms with Crippen LogP contribution in [0, 0.1) is 17.5 Å². The normalized spacial score (nSPS) is 11.4. The van der Waals surface area contributed by atoms with Crippen LogP contribution in [0.25, 0.3) is 22.5 Å². The molecule has 0 atom stereocenters. The second-order valence-corrected chi connectivity index (χ2v) is 6.63. The molecule has 0 unspecified atom stereocenters. The number of furan rings is 1. The third kappa shape index (κ3) is 3.24. The topological polar surface area (TPSA) is 73.0 Å². The van der Waals surface area contributed by atoms with Gasteiger partial charge in [-0.05, 0) is 44.2 Å². The van der Waals surface area contributed by atoms with Crippen LogP contribution in [-0.4, -0.2) is 20.7 Å². The average molecular weight is 400 g/mol. The molecule has 0 aliphatic heterocycles. The zero-order valence-corrected chi connectivity index (χ0v) is 15.4. The van der Waals surface area contributed by atoms with E-state index in [-0.39, 0.29) is 11.6 Å². The molecule has 148 valence electrons. The lowest BCUT2D eigenvalue weighted by Gasteiger charge is -2.11. The van der Waals surface area contributed by atoms with E-state index in [9.17, 15) is 18.0 Å². The van der Waals surface area contributed by atoms with Crippen LogP contribution in [-0.2, 0) is 0 Å². The van der Waals surface area contributed by atoms with Crippen LogP contribution in [0.4, 0.5) is 18.9 Å². The van der Waals surface area contributed by atoms with Crippen molar-refractivity contribution in [1.82, 2.24) is 14.8 Å². The van der Waals surface area contributed by atoms with Crippen molar-refractivity contribution in [2.75, 3.05) is 5.32 Å². The van der Waals surface area contributed by atoms with E-state index in [2.05, 4.69) is 15.4 Å². The van der Waals surface area contributed by atoms with Crippen molar-refractivity contribution >= 4 is 22.6 Å². The summed E-state index contributed by atoms with van der Waals surface area (Å²) in [5.74, 6) is -4.78. The molecule has 9 heteroatoms. The minimum atomic E-state index is -1.66. The number of benzene rings is 1. The van der Waals surface area contributed by atoms with Gasteiger partial charge in [0.25, 0.3) is 5.91 Å². The Kier molecular flexibility index (Phi) is 4.57. The van der Waals surface area contributed by atoms with Crippen molar-refractivity contribution in [3.63, 3.8) is 0 Å². The first-order chi connectivity index (χ1) is 13.9. The number of aromatic nitrogens is 3. The molecular formula is C20H15F3N4O2. The van der Waals surface area contributed by atoms with Gasteiger partial charge in [-0.1, -0.05) is 0 Å². The van der Waals surface area contributed by atoms with Gasteiger partial charge >= 0.3 is 0 Å².